The van der Waals surface area contributed by atoms with E-state index in [2.05, 4.69) is 18.1 Å². The van der Waals surface area contributed by atoms with Crippen molar-refractivity contribution in [3.8, 4) is 0 Å². The number of aliphatic hydroxyl groups excluding tert-OH is 2. The molecule has 2 N–H and O–H groups in total. The Morgan fingerprint density at radius 2 is 1.50 bits per heavy atom. The first-order valence-corrected chi connectivity index (χ1v) is 3.35. The summed E-state index contributed by atoms with van der Waals surface area (Å²) in [6.07, 6.45) is 0. The molecule has 0 aliphatic heterocycles. The summed E-state index contributed by atoms with van der Waals surface area (Å²) in [6, 6.07) is 4.84. The molecule has 0 spiro atoms. The minimum atomic E-state index is -0.127. The minimum Gasteiger partial charge on any atom is -0.506 e. The predicted octanol–water partition coefficient (Wildman–Crippen LogP) is 2.14. The summed E-state index contributed by atoms with van der Waals surface area (Å²) in [4.78, 5) is 3.87. The van der Waals surface area contributed by atoms with Crippen LogP contribution in [0.1, 0.15) is 11.4 Å². The lowest BCUT2D eigenvalue weighted by Gasteiger charge is -2.00. The Balaban J connectivity index is 3.12. The van der Waals surface area contributed by atoms with Gasteiger partial charge in [0.05, 0.1) is 0 Å². The highest BCUT2D eigenvalue weighted by molar-refractivity contribution is 5.57. The maximum Gasteiger partial charge on any atom is 0.134 e. The molecule has 0 aliphatic carbocycles. The van der Waals surface area contributed by atoms with Gasteiger partial charge in [-0.25, -0.2) is 4.98 Å². The summed E-state index contributed by atoms with van der Waals surface area (Å²) in [6.45, 7) is 6.62. The summed E-state index contributed by atoms with van der Waals surface area (Å²) >= 11 is 0. The van der Waals surface area contributed by atoms with Crippen LogP contribution in [-0.2, 0) is 0 Å². The Morgan fingerprint density at radius 3 is 1.83 bits per heavy atom. The second-order valence-electron chi connectivity index (χ2n) is 2.30. The molecule has 1 aromatic rings. The first-order valence-electron chi connectivity index (χ1n) is 3.35. The van der Waals surface area contributed by atoms with Crippen molar-refractivity contribution in [2.45, 2.75) is 0 Å². The zero-order valence-corrected chi connectivity index (χ0v) is 6.49. The van der Waals surface area contributed by atoms with E-state index in [0.29, 0.717) is 11.4 Å². The van der Waals surface area contributed by atoms with Crippen LogP contribution in [-0.4, -0.2) is 15.2 Å². The van der Waals surface area contributed by atoms with Gasteiger partial charge in [-0.2, -0.15) is 0 Å². The fourth-order valence-corrected chi connectivity index (χ4v) is 0.756. The van der Waals surface area contributed by atoms with Gasteiger partial charge >= 0.3 is 0 Å². The van der Waals surface area contributed by atoms with Gasteiger partial charge in [-0.1, -0.05) is 19.2 Å². The average Bonchev–Trinajstić information content (AvgIpc) is 2.04. The molecule has 62 valence electrons. The Bertz CT molecular complexity index is 302. The van der Waals surface area contributed by atoms with Crippen LogP contribution in [0.4, 0.5) is 0 Å². The fourth-order valence-electron chi connectivity index (χ4n) is 0.756. The number of hydrogen-bond acceptors (Lipinski definition) is 3. The van der Waals surface area contributed by atoms with Crippen molar-refractivity contribution in [3.63, 3.8) is 0 Å². The monoisotopic (exact) mass is 163 g/mol. The molecule has 1 heterocycles. The van der Waals surface area contributed by atoms with E-state index in [1.54, 1.807) is 18.2 Å². The molecule has 0 saturated heterocycles. The number of pyridine rings is 1. The van der Waals surface area contributed by atoms with Crippen LogP contribution < -0.4 is 0 Å². The molecule has 1 aromatic heterocycles. The molecule has 0 bridgehead atoms. The van der Waals surface area contributed by atoms with Crippen molar-refractivity contribution in [1.29, 1.82) is 0 Å². The molecule has 1 rings (SSSR count). The van der Waals surface area contributed by atoms with E-state index in [-0.39, 0.29) is 11.5 Å². The van der Waals surface area contributed by atoms with Gasteiger partial charge in [0.15, 0.2) is 0 Å². The molecule has 0 fully saturated rings. The standard InChI is InChI=1S/C9H9NO2/c1-6(11)8-4-3-5-9(10-8)7(2)12/h3-5,11-12H,1-2H2. The molecule has 0 saturated carbocycles. The van der Waals surface area contributed by atoms with Crippen molar-refractivity contribution in [3.05, 3.63) is 42.7 Å². The molecule has 3 nitrogen and oxygen atoms in total. The van der Waals surface area contributed by atoms with Gasteiger partial charge in [0.1, 0.15) is 22.9 Å². The van der Waals surface area contributed by atoms with E-state index in [0.717, 1.165) is 0 Å². The summed E-state index contributed by atoms with van der Waals surface area (Å²) in [5.41, 5.74) is 0.672. The molecular weight excluding hydrogens is 154 g/mol. The Kier molecular flexibility index (Phi) is 2.14. The van der Waals surface area contributed by atoms with Crippen LogP contribution in [0.2, 0.25) is 0 Å². The Hall–Kier alpha value is -1.77. The van der Waals surface area contributed by atoms with Gasteiger partial charge in [-0.05, 0) is 12.1 Å². The van der Waals surface area contributed by atoms with Crippen LogP contribution in [0.3, 0.4) is 0 Å². The molecule has 0 radical (unpaired) electrons. The van der Waals surface area contributed by atoms with Crippen LogP contribution in [0.15, 0.2) is 31.4 Å². The van der Waals surface area contributed by atoms with Gasteiger partial charge in [-0.15, -0.1) is 0 Å². The quantitative estimate of drug-likeness (QED) is 0.656. The van der Waals surface area contributed by atoms with Crippen molar-refractivity contribution in [1.82, 2.24) is 4.98 Å². The first-order chi connectivity index (χ1) is 5.61. The van der Waals surface area contributed by atoms with E-state index < -0.39 is 0 Å². The second-order valence-corrected chi connectivity index (χ2v) is 2.30. The van der Waals surface area contributed by atoms with E-state index in [9.17, 15) is 0 Å². The highest BCUT2D eigenvalue weighted by Crippen LogP contribution is 2.10. The lowest BCUT2D eigenvalue weighted by atomic mass is 10.2. The SMILES string of the molecule is C=C(O)c1cccc(C(=C)O)n1. The average molecular weight is 163 g/mol. The number of aliphatic hydroxyl groups is 2. The largest absolute Gasteiger partial charge is 0.506 e. The maximum absolute atomic E-state index is 8.96. The van der Waals surface area contributed by atoms with Crippen molar-refractivity contribution >= 4 is 11.5 Å². The summed E-state index contributed by atoms with van der Waals surface area (Å²) < 4.78 is 0. The molecule has 0 aliphatic rings. The van der Waals surface area contributed by atoms with Gasteiger partial charge in [0.2, 0.25) is 0 Å². The van der Waals surface area contributed by atoms with Crippen LogP contribution in [0.5, 0.6) is 0 Å². The molecule has 0 atom stereocenters. The molecular formula is C9H9NO2. The number of hydrogen-bond donors (Lipinski definition) is 2. The van der Waals surface area contributed by atoms with Crippen molar-refractivity contribution in [2.75, 3.05) is 0 Å². The van der Waals surface area contributed by atoms with Gasteiger partial charge in [0, 0.05) is 0 Å². The van der Waals surface area contributed by atoms with E-state index in [1.807, 2.05) is 0 Å². The van der Waals surface area contributed by atoms with E-state index in [4.69, 9.17) is 10.2 Å². The predicted molar refractivity (Wildman–Crippen MR) is 47.6 cm³/mol. The van der Waals surface area contributed by atoms with E-state index >= 15 is 0 Å². The molecule has 0 aromatic carbocycles. The smallest absolute Gasteiger partial charge is 0.134 e. The van der Waals surface area contributed by atoms with Crippen LogP contribution in [0.25, 0.3) is 11.5 Å². The summed E-state index contributed by atoms with van der Waals surface area (Å²) in [5.74, 6) is -0.254. The number of nitrogens with zero attached hydrogens (tertiary/aromatic N) is 1. The topological polar surface area (TPSA) is 53.4 Å². The normalized spacial score (nSPS) is 9.33. The van der Waals surface area contributed by atoms with E-state index in [1.165, 1.54) is 0 Å². The second kappa shape index (κ2) is 3.09. The Morgan fingerprint density at radius 1 is 1.08 bits per heavy atom. The number of aromatic nitrogens is 1. The van der Waals surface area contributed by atoms with Gasteiger partial charge in [-0.3, -0.25) is 0 Å². The molecule has 12 heavy (non-hydrogen) atoms. The van der Waals surface area contributed by atoms with Gasteiger partial charge in [0.25, 0.3) is 0 Å². The zero-order chi connectivity index (χ0) is 9.14. The maximum atomic E-state index is 8.96. The highest BCUT2D eigenvalue weighted by atomic mass is 16.3. The lowest BCUT2D eigenvalue weighted by molar-refractivity contribution is 0.504. The highest BCUT2D eigenvalue weighted by Gasteiger charge is 2.01. The lowest BCUT2D eigenvalue weighted by Crippen LogP contribution is -1.92. The summed E-state index contributed by atoms with van der Waals surface area (Å²) in [5, 5.41) is 17.9. The van der Waals surface area contributed by atoms with Gasteiger partial charge < -0.3 is 10.2 Å². The molecule has 0 unspecified atom stereocenters. The minimum absolute atomic E-state index is 0.127. The van der Waals surface area contributed by atoms with Crippen LogP contribution in [0, 0.1) is 0 Å². The summed E-state index contributed by atoms with van der Waals surface area (Å²) in [7, 11) is 0. The zero-order valence-electron chi connectivity index (χ0n) is 6.49. The number of rotatable bonds is 2. The third-order valence-electron chi connectivity index (χ3n) is 1.34. The third kappa shape index (κ3) is 1.63. The van der Waals surface area contributed by atoms with Crippen molar-refractivity contribution < 1.29 is 10.2 Å². The third-order valence-corrected chi connectivity index (χ3v) is 1.34. The van der Waals surface area contributed by atoms with Crippen molar-refractivity contribution in [2.24, 2.45) is 0 Å². The first kappa shape index (κ1) is 8.33. The Labute approximate surface area is 70.3 Å². The molecule has 0 amide bonds. The van der Waals surface area contributed by atoms with Crippen LogP contribution >= 0.6 is 0 Å². The fraction of sp³-hybridized carbons (Fsp3) is 0. The molecule has 3 heteroatoms.